The van der Waals surface area contributed by atoms with Crippen LogP contribution < -0.4 is 5.32 Å². The van der Waals surface area contributed by atoms with Gasteiger partial charge in [-0.15, -0.1) is 0 Å². The van der Waals surface area contributed by atoms with Gasteiger partial charge in [-0.25, -0.2) is 0 Å². The highest BCUT2D eigenvalue weighted by molar-refractivity contribution is 5.76. The van der Waals surface area contributed by atoms with E-state index < -0.39 is 12.0 Å². The second kappa shape index (κ2) is 8.26. The van der Waals surface area contributed by atoms with Crippen molar-refractivity contribution in [2.45, 2.75) is 31.7 Å². The number of amides is 1. The van der Waals surface area contributed by atoms with Crippen LogP contribution >= 0.6 is 0 Å². The van der Waals surface area contributed by atoms with Gasteiger partial charge in [0, 0.05) is 12.8 Å². The SMILES string of the molecule is O=C(O)CCCCC(=O)NC(CO)c1ccccc1. The Balaban J connectivity index is 2.35. The average Bonchev–Trinajstić information content (AvgIpc) is 2.41. The molecule has 0 aliphatic carbocycles. The van der Waals surface area contributed by atoms with E-state index in [1.165, 1.54) is 0 Å². The maximum absolute atomic E-state index is 11.7. The third-order valence-electron chi connectivity index (χ3n) is 2.76. The van der Waals surface area contributed by atoms with Crippen LogP contribution in [0.2, 0.25) is 0 Å². The zero-order valence-electron chi connectivity index (χ0n) is 10.7. The lowest BCUT2D eigenvalue weighted by molar-refractivity contribution is -0.137. The fourth-order valence-corrected chi connectivity index (χ4v) is 1.75. The van der Waals surface area contributed by atoms with E-state index in [2.05, 4.69) is 5.32 Å². The summed E-state index contributed by atoms with van der Waals surface area (Å²) in [7, 11) is 0. The highest BCUT2D eigenvalue weighted by Gasteiger charge is 2.12. The molecule has 0 saturated heterocycles. The monoisotopic (exact) mass is 265 g/mol. The molecule has 5 nitrogen and oxygen atoms in total. The molecule has 1 atom stereocenters. The van der Waals surface area contributed by atoms with Crippen LogP contribution in [-0.4, -0.2) is 28.7 Å². The van der Waals surface area contributed by atoms with Crippen molar-refractivity contribution in [3.63, 3.8) is 0 Å². The van der Waals surface area contributed by atoms with Crippen molar-refractivity contribution in [2.75, 3.05) is 6.61 Å². The first-order valence-corrected chi connectivity index (χ1v) is 6.30. The van der Waals surface area contributed by atoms with Crippen LogP contribution in [0, 0.1) is 0 Å². The van der Waals surface area contributed by atoms with E-state index in [9.17, 15) is 14.7 Å². The molecule has 1 amide bonds. The molecule has 1 unspecified atom stereocenters. The van der Waals surface area contributed by atoms with Gasteiger partial charge in [0.1, 0.15) is 0 Å². The number of aliphatic carboxylic acids is 1. The Bertz CT molecular complexity index is 405. The Hall–Kier alpha value is -1.88. The van der Waals surface area contributed by atoms with E-state index in [0.29, 0.717) is 12.8 Å². The number of carbonyl (C=O) groups excluding carboxylic acids is 1. The lowest BCUT2D eigenvalue weighted by Crippen LogP contribution is -2.30. The Labute approximate surface area is 112 Å². The number of benzene rings is 1. The van der Waals surface area contributed by atoms with Crippen LogP contribution in [0.1, 0.15) is 37.3 Å². The smallest absolute Gasteiger partial charge is 0.303 e. The molecule has 0 spiro atoms. The topological polar surface area (TPSA) is 86.6 Å². The van der Waals surface area contributed by atoms with E-state index in [4.69, 9.17) is 5.11 Å². The summed E-state index contributed by atoms with van der Waals surface area (Å²) in [5.74, 6) is -1.02. The molecule has 0 fully saturated rings. The molecular weight excluding hydrogens is 246 g/mol. The minimum atomic E-state index is -0.849. The molecule has 0 aliphatic heterocycles. The van der Waals surface area contributed by atoms with Crippen LogP contribution in [0.15, 0.2) is 30.3 Å². The molecule has 1 rings (SSSR count). The first kappa shape index (κ1) is 15.2. The summed E-state index contributed by atoms with van der Waals surface area (Å²) in [5, 5.41) is 20.5. The van der Waals surface area contributed by atoms with E-state index in [-0.39, 0.29) is 25.4 Å². The van der Waals surface area contributed by atoms with Gasteiger partial charge in [0.05, 0.1) is 12.6 Å². The van der Waals surface area contributed by atoms with Crippen molar-refractivity contribution in [2.24, 2.45) is 0 Å². The number of hydrogen-bond acceptors (Lipinski definition) is 3. The molecule has 0 heterocycles. The number of carbonyl (C=O) groups is 2. The molecule has 0 radical (unpaired) electrons. The molecule has 0 saturated carbocycles. The number of carboxylic acids is 1. The summed E-state index contributed by atoms with van der Waals surface area (Å²) in [6.07, 6.45) is 1.37. The van der Waals surface area contributed by atoms with Crippen molar-refractivity contribution < 1.29 is 19.8 Å². The first-order valence-electron chi connectivity index (χ1n) is 6.30. The van der Waals surface area contributed by atoms with E-state index in [1.54, 1.807) is 0 Å². The number of carboxylic acid groups (broad SMARTS) is 1. The van der Waals surface area contributed by atoms with Crippen molar-refractivity contribution >= 4 is 11.9 Å². The van der Waals surface area contributed by atoms with Gasteiger partial charge in [0.15, 0.2) is 0 Å². The number of hydrogen-bond donors (Lipinski definition) is 3. The maximum Gasteiger partial charge on any atom is 0.303 e. The van der Waals surface area contributed by atoms with E-state index in [1.807, 2.05) is 30.3 Å². The summed E-state index contributed by atoms with van der Waals surface area (Å²) in [6.45, 7) is -0.162. The van der Waals surface area contributed by atoms with Crippen LogP contribution in [0.5, 0.6) is 0 Å². The zero-order valence-corrected chi connectivity index (χ0v) is 10.7. The van der Waals surface area contributed by atoms with Crippen LogP contribution in [0.3, 0.4) is 0 Å². The van der Waals surface area contributed by atoms with Crippen LogP contribution in [-0.2, 0) is 9.59 Å². The third kappa shape index (κ3) is 6.01. The van der Waals surface area contributed by atoms with Crippen LogP contribution in [0.25, 0.3) is 0 Å². The molecule has 3 N–H and O–H groups in total. The molecule has 0 aromatic heterocycles. The predicted octanol–water partition coefficient (Wildman–Crippen LogP) is 1.48. The third-order valence-corrected chi connectivity index (χ3v) is 2.76. The fourth-order valence-electron chi connectivity index (χ4n) is 1.75. The van der Waals surface area contributed by atoms with Gasteiger partial charge in [-0.2, -0.15) is 0 Å². The van der Waals surface area contributed by atoms with Crippen molar-refractivity contribution in [1.29, 1.82) is 0 Å². The Kier molecular flexibility index (Phi) is 6.60. The number of rotatable bonds is 8. The molecular formula is C14H19NO4. The molecule has 5 heteroatoms. The Morgan fingerprint density at radius 3 is 2.32 bits per heavy atom. The van der Waals surface area contributed by atoms with Crippen molar-refractivity contribution in [3.8, 4) is 0 Å². The molecule has 104 valence electrons. The Morgan fingerprint density at radius 1 is 1.11 bits per heavy atom. The van der Waals surface area contributed by atoms with Crippen molar-refractivity contribution in [1.82, 2.24) is 5.32 Å². The quantitative estimate of drug-likeness (QED) is 0.621. The molecule has 19 heavy (non-hydrogen) atoms. The summed E-state index contributed by atoms with van der Waals surface area (Å²) in [6, 6.07) is 8.82. The Morgan fingerprint density at radius 2 is 1.74 bits per heavy atom. The van der Waals surface area contributed by atoms with Gasteiger partial charge in [0.25, 0.3) is 0 Å². The first-order chi connectivity index (χ1) is 9.13. The number of nitrogens with one attached hydrogen (secondary N) is 1. The standard InChI is InChI=1S/C14H19NO4/c16-10-12(11-6-2-1-3-7-11)15-13(17)8-4-5-9-14(18)19/h1-3,6-7,12,16H,4-5,8-10H2,(H,15,17)(H,18,19). The lowest BCUT2D eigenvalue weighted by Gasteiger charge is -2.16. The van der Waals surface area contributed by atoms with E-state index >= 15 is 0 Å². The second-order valence-corrected chi connectivity index (χ2v) is 4.31. The highest BCUT2D eigenvalue weighted by Crippen LogP contribution is 2.12. The zero-order chi connectivity index (χ0) is 14.1. The maximum atomic E-state index is 11.7. The van der Waals surface area contributed by atoms with Crippen LogP contribution in [0.4, 0.5) is 0 Å². The van der Waals surface area contributed by atoms with E-state index in [0.717, 1.165) is 5.56 Å². The molecule has 1 aromatic carbocycles. The van der Waals surface area contributed by atoms with Gasteiger partial charge in [-0.05, 0) is 18.4 Å². The number of unbranched alkanes of at least 4 members (excludes halogenated alkanes) is 1. The fraction of sp³-hybridized carbons (Fsp3) is 0.429. The minimum Gasteiger partial charge on any atom is -0.481 e. The molecule has 0 bridgehead atoms. The number of aliphatic hydroxyl groups is 1. The van der Waals surface area contributed by atoms with Gasteiger partial charge < -0.3 is 15.5 Å². The normalized spacial score (nSPS) is 11.8. The summed E-state index contributed by atoms with van der Waals surface area (Å²) < 4.78 is 0. The summed E-state index contributed by atoms with van der Waals surface area (Å²) in [4.78, 5) is 22.0. The van der Waals surface area contributed by atoms with Gasteiger partial charge in [-0.3, -0.25) is 9.59 Å². The summed E-state index contributed by atoms with van der Waals surface area (Å²) >= 11 is 0. The average molecular weight is 265 g/mol. The molecule has 0 aliphatic rings. The molecule has 1 aromatic rings. The van der Waals surface area contributed by atoms with Gasteiger partial charge >= 0.3 is 5.97 Å². The number of aliphatic hydroxyl groups excluding tert-OH is 1. The second-order valence-electron chi connectivity index (χ2n) is 4.31. The minimum absolute atomic E-state index is 0.0788. The largest absolute Gasteiger partial charge is 0.481 e. The van der Waals surface area contributed by atoms with Crippen molar-refractivity contribution in [3.05, 3.63) is 35.9 Å². The lowest BCUT2D eigenvalue weighted by atomic mass is 10.1. The van der Waals surface area contributed by atoms with Gasteiger partial charge in [0.2, 0.25) is 5.91 Å². The highest BCUT2D eigenvalue weighted by atomic mass is 16.4. The summed E-state index contributed by atoms with van der Waals surface area (Å²) in [5.41, 5.74) is 0.851. The predicted molar refractivity (Wildman–Crippen MR) is 70.5 cm³/mol. The van der Waals surface area contributed by atoms with Gasteiger partial charge in [-0.1, -0.05) is 30.3 Å².